The summed E-state index contributed by atoms with van der Waals surface area (Å²) in [5, 5.41) is 12.4. The molecule has 0 saturated heterocycles. The molecule has 0 amide bonds. The molecule has 0 aromatic carbocycles. The summed E-state index contributed by atoms with van der Waals surface area (Å²) in [5.74, 6) is -20.0. The summed E-state index contributed by atoms with van der Waals surface area (Å²) < 4.78 is 129. The summed E-state index contributed by atoms with van der Waals surface area (Å²) in [5.41, 5.74) is -5.41. The van der Waals surface area contributed by atoms with Crippen LogP contribution in [0.4, 0.5) is 43.9 Å². The minimum atomic E-state index is -6.17. The molecule has 1 rings (SSSR count). The number of halogens is 10. The first kappa shape index (κ1) is 19.9. The Morgan fingerprint density at radius 1 is 0.875 bits per heavy atom. The lowest BCUT2D eigenvalue weighted by Gasteiger charge is -2.38. The molecule has 0 aliphatic heterocycles. The van der Waals surface area contributed by atoms with Crippen LogP contribution in [0.2, 0.25) is 0 Å². The van der Waals surface area contributed by atoms with E-state index >= 15 is 0 Å². The smallest absolute Gasteiger partial charge is 0.340 e. The van der Waals surface area contributed by atoms with Crippen LogP contribution in [0, 0.1) is 0 Å². The van der Waals surface area contributed by atoms with Gasteiger partial charge in [0.2, 0.25) is 17.3 Å². The summed E-state index contributed by atoms with van der Waals surface area (Å²) in [7, 11) is 0. The molecular formula is C10H5F10N3O. The summed E-state index contributed by atoms with van der Waals surface area (Å²) in [4.78, 5) is 3.07. The predicted molar refractivity (Wildman–Crippen MR) is 55.6 cm³/mol. The zero-order valence-electron chi connectivity index (χ0n) is 10.9. The van der Waals surface area contributed by atoms with Gasteiger partial charge >= 0.3 is 24.0 Å². The average molecular weight is 373 g/mol. The summed E-state index contributed by atoms with van der Waals surface area (Å²) in [6.45, 7) is -2.26. The van der Waals surface area contributed by atoms with E-state index in [1.54, 1.807) is 0 Å². The van der Waals surface area contributed by atoms with Gasteiger partial charge in [-0.3, -0.25) is 0 Å². The molecule has 14 heteroatoms. The Bertz CT molecular complexity index is 610. The van der Waals surface area contributed by atoms with E-state index in [0.29, 0.717) is 12.7 Å². The fraction of sp³-hybridized carbons (Fsp3) is 0.400. The number of rotatable bonds is 6. The molecule has 1 N–H and O–H groups in total. The van der Waals surface area contributed by atoms with Crippen molar-refractivity contribution in [1.82, 2.24) is 14.8 Å². The Morgan fingerprint density at radius 2 is 1.29 bits per heavy atom. The molecule has 24 heavy (non-hydrogen) atoms. The second kappa shape index (κ2) is 6.41. The van der Waals surface area contributed by atoms with Gasteiger partial charge in [0.15, 0.2) is 0 Å². The topological polar surface area (TPSA) is 50.9 Å². The van der Waals surface area contributed by atoms with E-state index in [0.717, 1.165) is 0 Å². The third-order valence-corrected chi connectivity index (χ3v) is 2.78. The van der Waals surface area contributed by atoms with E-state index in [-0.39, 0.29) is 4.68 Å². The normalized spacial score (nSPS) is 13.0. The first-order chi connectivity index (χ1) is 10.8. The van der Waals surface area contributed by atoms with E-state index < -0.39 is 47.8 Å². The molecule has 1 aromatic heterocycles. The fourth-order valence-corrected chi connectivity index (χ4v) is 1.55. The maximum Gasteiger partial charge on any atom is 0.340 e. The van der Waals surface area contributed by atoms with Crippen molar-refractivity contribution in [1.29, 1.82) is 0 Å². The summed E-state index contributed by atoms with van der Waals surface area (Å²) in [6, 6.07) is 0. The van der Waals surface area contributed by atoms with E-state index in [1.807, 2.05) is 0 Å². The number of alkyl halides is 4. The highest BCUT2D eigenvalue weighted by atomic mass is 19.3. The van der Waals surface area contributed by atoms with Crippen LogP contribution in [0.15, 0.2) is 36.5 Å². The van der Waals surface area contributed by atoms with Crippen LogP contribution in [-0.4, -0.2) is 37.3 Å². The molecule has 0 aliphatic rings. The average Bonchev–Trinajstić information content (AvgIpc) is 2.97. The molecule has 0 unspecified atom stereocenters. The number of aliphatic hydroxyl groups is 1. The minimum absolute atomic E-state index is 0.0470. The minimum Gasteiger partial charge on any atom is -0.376 e. The van der Waals surface area contributed by atoms with E-state index in [2.05, 4.69) is 10.1 Å². The fourth-order valence-electron chi connectivity index (χ4n) is 1.55. The zero-order chi connectivity index (χ0) is 18.9. The zero-order valence-corrected chi connectivity index (χ0v) is 10.9. The molecule has 0 radical (unpaired) electrons. The van der Waals surface area contributed by atoms with Gasteiger partial charge in [-0.2, -0.15) is 49.0 Å². The second-order valence-corrected chi connectivity index (χ2v) is 4.25. The quantitative estimate of drug-likeness (QED) is 0.778. The SMILES string of the molecule is OC(Cn1cncn1)(C(F)(F)C(F)=C(F)F)C(F)(F)C(F)=C(F)F. The first-order valence-electron chi connectivity index (χ1n) is 5.52. The standard InChI is InChI=1S/C10H5F10N3O/c11-4(6(13)14)9(17,18)8(24,1-23-3-21-2-22-23)10(19,20)5(12)7(15)16/h2-3,24H,1H2. The second-order valence-electron chi connectivity index (χ2n) is 4.25. The van der Waals surface area contributed by atoms with Crippen molar-refractivity contribution in [2.75, 3.05) is 0 Å². The maximum atomic E-state index is 13.7. The van der Waals surface area contributed by atoms with Crippen LogP contribution >= 0.6 is 0 Å². The van der Waals surface area contributed by atoms with Crippen LogP contribution in [0.1, 0.15) is 0 Å². The molecule has 0 saturated carbocycles. The largest absolute Gasteiger partial charge is 0.376 e. The number of hydrogen-bond acceptors (Lipinski definition) is 3. The monoisotopic (exact) mass is 373 g/mol. The van der Waals surface area contributed by atoms with Gasteiger partial charge in [0.05, 0.1) is 6.54 Å². The van der Waals surface area contributed by atoms with Crippen molar-refractivity contribution in [3.63, 3.8) is 0 Å². The lowest BCUT2D eigenvalue weighted by Crippen LogP contribution is -2.63. The molecule has 1 aromatic rings. The van der Waals surface area contributed by atoms with Crippen LogP contribution < -0.4 is 0 Å². The molecule has 0 aliphatic carbocycles. The number of hydrogen-bond donors (Lipinski definition) is 1. The number of nitrogens with zero attached hydrogens (tertiary/aromatic N) is 3. The van der Waals surface area contributed by atoms with Gasteiger partial charge in [0, 0.05) is 0 Å². The number of aromatic nitrogens is 3. The maximum absolute atomic E-state index is 13.7. The van der Waals surface area contributed by atoms with Crippen molar-refractivity contribution in [3.05, 3.63) is 36.5 Å². The van der Waals surface area contributed by atoms with Gasteiger partial charge in [-0.1, -0.05) is 0 Å². The molecule has 0 spiro atoms. The van der Waals surface area contributed by atoms with E-state index in [1.165, 1.54) is 0 Å². The highest BCUT2D eigenvalue weighted by Gasteiger charge is 2.73. The molecular weight excluding hydrogens is 368 g/mol. The van der Waals surface area contributed by atoms with Gasteiger partial charge in [0.25, 0.3) is 0 Å². The molecule has 0 bridgehead atoms. The Labute approximate surface area is 125 Å². The summed E-state index contributed by atoms with van der Waals surface area (Å²) >= 11 is 0. The predicted octanol–water partition coefficient (Wildman–Crippen LogP) is 3.44. The van der Waals surface area contributed by atoms with Gasteiger partial charge in [0.1, 0.15) is 12.7 Å². The lowest BCUT2D eigenvalue weighted by molar-refractivity contribution is -0.274. The van der Waals surface area contributed by atoms with E-state index in [4.69, 9.17) is 0 Å². The highest BCUT2D eigenvalue weighted by Crippen LogP contribution is 2.51. The molecule has 0 atom stereocenters. The van der Waals surface area contributed by atoms with Gasteiger partial charge in [-0.15, -0.1) is 0 Å². The Morgan fingerprint density at radius 3 is 1.58 bits per heavy atom. The molecule has 0 fully saturated rings. The van der Waals surface area contributed by atoms with Crippen molar-refractivity contribution < 1.29 is 49.0 Å². The van der Waals surface area contributed by atoms with Crippen LogP contribution in [0.5, 0.6) is 0 Å². The molecule has 136 valence electrons. The van der Waals surface area contributed by atoms with Crippen molar-refractivity contribution in [2.24, 2.45) is 0 Å². The third-order valence-electron chi connectivity index (χ3n) is 2.78. The summed E-state index contributed by atoms with van der Waals surface area (Å²) in [6.07, 6.45) is -6.71. The Balaban J connectivity index is 3.65. The molecule has 1 heterocycles. The van der Waals surface area contributed by atoms with Gasteiger partial charge in [-0.25, -0.2) is 9.67 Å². The first-order valence-corrected chi connectivity index (χ1v) is 5.52. The van der Waals surface area contributed by atoms with Crippen LogP contribution in [-0.2, 0) is 6.54 Å². The molecule has 4 nitrogen and oxygen atoms in total. The third kappa shape index (κ3) is 3.09. The van der Waals surface area contributed by atoms with Crippen molar-refractivity contribution >= 4 is 0 Å². The van der Waals surface area contributed by atoms with Crippen LogP contribution in [0.3, 0.4) is 0 Å². The lowest BCUT2D eigenvalue weighted by atomic mass is 9.86. The van der Waals surface area contributed by atoms with Crippen molar-refractivity contribution in [2.45, 2.75) is 24.0 Å². The highest BCUT2D eigenvalue weighted by molar-refractivity contribution is 5.24. The van der Waals surface area contributed by atoms with Gasteiger partial charge in [-0.05, 0) is 0 Å². The van der Waals surface area contributed by atoms with Gasteiger partial charge < -0.3 is 5.11 Å². The van der Waals surface area contributed by atoms with Crippen LogP contribution in [0.25, 0.3) is 0 Å². The Hall–Kier alpha value is -2.12. The van der Waals surface area contributed by atoms with E-state index in [9.17, 15) is 49.0 Å². The van der Waals surface area contributed by atoms with Crippen molar-refractivity contribution in [3.8, 4) is 0 Å². The Kier molecular flexibility index (Phi) is 5.32.